The SMILES string of the molecule is Cc1nn(-c2ccccc2)c(C)c1CNC(=O)NCc1cccc(OCCN2CCOCC2)c1. The van der Waals surface area contributed by atoms with Gasteiger partial charge in [0.1, 0.15) is 12.4 Å². The largest absolute Gasteiger partial charge is 0.492 e. The fraction of sp³-hybridized carbons (Fsp3) is 0.385. The Morgan fingerprint density at radius 3 is 2.59 bits per heavy atom. The third-order valence-corrected chi connectivity index (χ3v) is 6.00. The van der Waals surface area contributed by atoms with Crippen molar-refractivity contribution < 1.29 is 14.3 Å². The minimum absolute atomic E-state index is 0.218. The molecule has 1 aromatic heterocycles. The van der Waals surface area contributed by atoms with Gasteiger partial charge in [-0.3, -0.25) is 4.90 Å². The first-order chi connectivity index (χ1) is 16.6. The van der Waals surface area contributed by atoms with Gasteiger partial charge in [-0.05, 0) is 43.7 Å². The Kier molecular flexibility index (Phi) is 8.17. The van der Waals surface area contributed by atoms with Crippen molar-refractivity contribution in [3.05, 3.63) is 77.1 Å². The number of urea groups is 1. The van der Waals surface area contributed by atoms with Crippen molar-refractivity contribution in [3.8, 4) is 11.4 Å². The number of ether oxygens (including phenoxy) is 2. The molecular formula is C26H33N5O3. The summed E-state index contributed by atoms with van der Waals surface area (Å²) in [5.74, 6) is 0.813. The highest BCUT2D eigenvalue weighted by Gasteiger charge is 2.14. The van der Waals surface area contributed by atoms with Crippen LogP contribution in [0.4, 0.5) is 4.79 Å². The zero-order valence-corrected chi connectivity index (χ0v) is 19.9. The summed E-state index contributed by atoms with van der Waals surface area (Å²) < 4.78 is 13.2. The second-order valence-electron chi connectivity index (χ2n) is 8.38. The number of morpholine rings is 1. The normalized spacial score (nSPS) is 14.1. The predicted molar refractivity (Wildman–Crippen MR) is 131 cm³/mol. The lowest BCUT2D eigenvalue weighted by atomic mass is 10.2. The highest BCUT2D eigenvalue weighted by atomic mass is 16.5. The zero-order chi connectivity index (χ0) is 23.8. The molecule has 34 heavy (non-hydrogen) atoms. The zero-order valence-electron chi connectivity index (χ0n) is 19.9. The van der Waals surface area contributed by atoms with Crippen LogP contribution in [0.25, 0.3) is 5.69 Å². The van der Waals surface area contributed by atoms with Gasteiger partial charge in [-0.25, -0.2) is 9.48 Å². The summed E-state index contributed by atoms with van der Waals surface area (Å²) in [6, 6.07) is 17.6. The van der Waals surface area contributed by atoms with E-state index >= 15 is 0 Å². The van der Waals surface area contributed by atoms with Gasteiger partial charge in [0, 0.05) is 44.0 Å². The number of rotatable bonds is 9. The van der Waals surface area contributed by atoms with Crippen LogP contribution in [-0.2, 0) is 17.8 Å². The molecule has 2 heterocycles. The molecule has 2 N–H and O–H groups in total. The number of aromatic nitrogens is 2. The first-order valence-electron chi connectivity index (χ1n) is 11.7. The van der Waals surface area contributed by atoms with Crippen LogP contribution in [0.15, 0.2) is 54.6 Å². The first-order valence-corrected chi connectivity index (χ1v) is 11.7. The Morgan fingerprint density at radius 1 is 1.03 bits per heavy atom. The lowest BCUT2D eigenvalue weighted by Gasteiger charge is -2.26. The standard InChI is InChI=1S/C26H33N5O3/c1-20-25(21(2)31(29-20)23-8-4-3-5-9-23)19-28-26(32)27-18-22-7-6-10-24(17-22)34-16-13-30-11-14-33-15-12-30/h3-10,17H,11-16,18-19H2,1-2H3,(H2,27,28,32). The van der Waals surface area contributed by atoms with Crippen LogP contribution in [0.2, 0.25) is 0 Å². The third kappa shape index (κ3) is 6.36. The minimum atomic E-state index is -0.218. The molecule has 1 fully saturated rings. The lowest BCUT2D eigenvalue weighted by Crippen LogP contribution is -2.38. The smallest absolute Gasteiger partial charge is 0.315 e. The van der Waals surface area contributed by atoms with Crippen molar-refractivity contribution in [1.29, 1.82) is 0 Å². The number of benzene rings is 2. The monoisotopic (exact) mass is 463 g/mol. The number of para-hydroxylation sites is 1. The van der Waals surface area contributed by atoms with Gasteiger partial charge in [0.05, 0.1) is 24.6 Å². The van der Waals surface area contributed by atoms with Crippen LogP contribution in [0.3, 0.4) is 0 Å². The molecule has 8 nitrogen and oxygen atoms in total. The molecule has 0 unspecified atom stereocenters. The number of nitrogens with one attached hydrogen (secondary N) is 2. The minimum Gasteiger partial charge on any atom is -0.492 e. The Hall–Kier alpha value is -3.36. The highest BCUT2D eigenvalue weighted by Crippen LogP contribution is 2.18. The van der Waals surface area contributed by atoms with Crippen molar-refractivity contribution in [2.75, 3.05) is 39.5 Å². The van der Waals surface area contributed by atoms with Gasteiger partial charge in [-0.2, -0.15) is 5.10 Å². The lowest BCUT2D eigenvalue weighted by molar-refractivity contribution is 0.0322. The van der Waals surface area contributed by atoms with Crippen LogP contribution in [0.5, 0.6) is 5.75 Å². The van der Waals surface area contributed by atoms with E-state index in [4.69, 9.17) is 9.47 Å². The number of carbonyl (C=O) groups is 1. The van der Waals surface area contributed by atoms with Gasteiger partial charge < -0.3 is 20.1 Å². The van der Waals surface area contributed by atoms with Gasteiger partial charge in [-0.15, -0.1) is 0 Å². The molecule has 8 heteroatoms. The maximum Gasteiger partial charge on any atom is 0.315 e. The summed E-state index contributed by atoms with van der Waals surface area (Å²) in [6.07, 6.45) is 0. The number of carbonyl (C=O) groups excluding carboxylic acids is 1. The Bertz CT molecular complexity index is 1080. The number of hydrogen-bond acceptors (Lipinski definition) is 5. The van der Waals surface area contributed by atoms with Crippen molar-refractivity contribution in [1.82, 2.24) is 25.3 Å². The topological polar surface area (TPSA) is 80.7 Å². The van der Waals surface area contributed by atoms with E-state index in [2.05, 4.69) is 20.6 Å². The molecule has 0 aliphatic carbocycles. The summed E-state index contributed by atoms with van der Waals surface area (Å²) in [5, 5.41) is 10.5. The van der Waals surface area contributed by atoms with Crippen LogP contribution in [0.1, 0.15) is 22.5 Å². The highest BCUT2D eigenvalue weighted by molar-refractivity contribution is 5.73. The quantitative estimate of drug-likeness (QED) is 0.509. The molecule has 180 valence electrons. The molecule has 4 rings (SSSR count). The van der Waals surface area contributed by atoms with Gasteiger partial charge in [-0.1, -0.05) is 30.3 Å². The molecule has 0 spiro atoms. The van der Waals surface area contributed by atoms with Crippen molar-refractivity contribution in [2.24, 2.45) is 0 Å². The second-order valence-corrected chi connectivity index (χ2v) is 8.38. The van der Waals surface area contributed by atoms with E-state index in [1.807, 2.05) is 73.1 Å². The van der Waals surface area contributed by atoms with Gasteiger partial charge in [0.15, 0.2) is 0 Å². The van der Waals surface area contributed by atoms with Crippen LogP contribution in [-0.4, -0.2) is 60.2 Å². The van der Waals surface area contributed by atoms with Crippen LogP contribution >= 0.6 is 0 Å². The molecule has 0 radical (unpaired) electrons. The molecule has 3 aromatic rings. The first kappa shape index (κ1) is 23.8. The number of amides is 2. The molecule has 1 saturated heterocycles. The van der Waals surface area contributed by atoms with Gasteiger partial charge in [0.2, 0.25) is 0 Å². The van der Waals surface area contributed by atoms with Gasteiger partial charge >= 0.3 is 6.03 Å². The van der Waals surface area contributed by atoms with Crippen LogP contribution < -0.4 is 15.4 Å². The van der Waals surface area contributed by atoms with E-state index in [-0.39, 0.29) is 6.03 Å². The summed E-state index contributed by atoms with van der Waals surface area (Å²) in [7, 11) is 0. The molecule has 0 bridgehead atoms. The molecule has 2 amide bonds. The van der Waals surface area contributed by atoms with Gasteiger partial charge in [0.25, 0.3) is 0 Å². The average Bonchev–Trinajstić information content (AvgIpc) is 3.16. The predicted octanol–water partition coefficient (Wildman–Crippen LogP) is 3.20. The Labute approximate surface area is 200 Å². The van der Waals surface area contributed by atoms with E-state index in [0.29, 0.717) is 19.7 Å². The van der Waals surface area contributed by atoms with Crippen molar-refractivity contribution in [2.45, 2.75) is 26.9 Å². The molecular weight excluding hydrogens is 430 g/mol. The number of aryl methyl sites for hydroxylation is 1. The summed E-state index contributed by atoms with van der Waals surface area (Å²) in [5.41, 5.74) is 4.94. The molecule has 1 aliphatic heterocycles. The summed E-state index contributed by atoms with van der Waals surface area (Å²) in [4.78, 5) is 14.8. The Morgan fingerprint density at radius 2 is 1.79 bits per heavy atom. The number of nitrogens with zero attached hydrogens (tertiary/aromatic N) is 3. The van der Waals surface area contributed by atoms with E-state index in [0.717, 1.165) is 66.8 Å². The summed E-state index contributed by atoms with van der Waals surface area (Å²) >= 11 is 0. The molecule has 1 aliphatic rings. The average molecular weight is 464 g/mol. The maximum absolute atomic E-state index is 12.4. The Balaban J connectivity index is 1.24. The second kappa shape index (κ2) is 11.7. The number of hydrogen-bond donors (Lipinski definition) is 2. The fourth-order valence-electron chi connectivity index (χ4n) is 4.03. The fourth-order valence-corrected chi connectivity index (χ4v) is 4.03. The third-order valence-electron chi connectivity index (χ3n) is 6.00. The van der Waals surface area contributed by atoms with E-state index < -0.39 is 0 Å². The van der Waals surface area contributed by atoms with E-state index in [1.54, 1.807) is 0 Å². The maximum atomic E-state index is 12.4. The van der Waals surface area contributed by atoms with E-state index in [9.17, 15) is 4.79 Å². The summed E-state index contributed by atoms with van der Waals surface area (Å²) in [6.45, 7) is 9.83. The molecule has 0 atom stereocenters. The molecule has 2 aromatic carbocycles. The van der Waals surface area contributed by atoms with Crippen molar-refractivity contribution >= 4 is 6.03 Å². The van der Waals surface area contributed by atoms with Crippen molar-refractivity contribution in [3.63, 3.8) is 0 Å². The van der Waals surface area contributed by atoms with E-state index in [1.165, 1.54) is 0 Å². The van der Waals surface area contributed by atoms with Crippen LogP contribution in [0, 0.1) is 13.8 Å². The molecule has 0 saturated carbocycles.